The fourth-order valence-electron chi connectivity index (χ4n) is 2.95. The predicted molar refractivity (Wildman–Crippen MR) is 90.2 cm³/mol. The van der Waals surface area contributed by atoms with E-state index in [0.29, 0.717) is 0 Å². The van der Waals surface area contributed by atoms with E-state index in [-0.39, 0.29) is 35.8 Å². The molecule has 0 spiro atoms. The number of ether oxygens (including phenoxy) is 1. The first kappa shape index (κ1) is 17.8. The first-order valence-electron chi connectivity index (χ1n) is 8.44. The zero-order valence-electron chi connectivity index (χ0n) is 14.1. The molecule has 1 amide bonds. The average Bonchev–Trinajstić information content (AvgIpc) is 3.10. The third-order valence-corrected chi connectivity index (χ3v) is 4.28. The third kappa shape index (κ3) is 4.35. The van der Waals surface area contributed by atoms with Crippen LogP contribution in [-0.4, -0.2) is 26.7 Å². The van der Waals surface area contributed by atoms with Crippen LogP contribution in [0.25, 0.3) is 0 Å². The lowest BCUT2D eigenvalue weighted by atomic mass is 9.95. The molecule has 0 unspecified atom stereocenters. The van der Waals surface area contributed by atoms with Gasteiger partial charge < -0.3 is 10.1 Å². The van der Waals surface area contributed by atoms with Gasteiger partial charge in [0.15, 0.2) is 6.73 Å². The Labute approximate surface area is 149 Å². The van der Waals surface area contributed by atoms with Gasteiger partial charge in [-0.2, -0.15) is 5.10 Å². The molecule has 1 aliphatic rings. The summed E-state index contributed by atoms with van der Waals surface area (Å²) in [7, 11) is 0. The molecule has 9 heteroatoms. The highest BCUT2D eigenvalue weighted by molar-refractivity contribution is 5.92. The van der Waals surface area contributed by atoms with Crippen molar-refractivity contribution in [2.24, 2.45) is 0 Å². The second kappa shape index (κ2) is 7.94. The molecule has 1 aromatic carbocycles. The highest BCUT2D eigenvalue weighted by Gasteiger charge is 2.19. The molecule has 0 atom stereocenters. The Morgan fingerprint density at radius 1 is 1.35 bits per heavy atom. The Balaban J connectivity index is 1.61. The maximum Gasteiger partial charge on any atom is 0.311 e. The quantitative estimate of drug-likeness (QED) is 0.629. The van der Waals surface area contributed by atoms with Gasteiger partial charge in [0, 0.05) is 24.4 Å². The number of aromatic nitrogens is 2. The summed E-state index contributed by atoms with van der Waals surface area (Å²) in [5.74, 6) is -1.09. The van der Waals surface area contributed by atoms with E-state index >= 15 is 0 Å². The summed E-state index contributed by atoms with van der Waals surface area (Å²) < 4.78 is 19.9. The van der Waals surface area contributed by atoms with Crippen molar-refractivity contribution < 1.29 is 18.8 Å². The summed E-state index contributed by atoms with van der Waals surface area (Å²) in [5, 5.41) is 18.0. The molecule has 0 bridgehead atoms. The largest absolute Gasteiger partial charge is 0.464 e. The SMILES string of the molecule is O=C(NC1CCCCC1)c1ccn(COc2cc(F)ccc2[N+](=O)[O-])n1. The van der Waals surface area contributed by atoms with E-state index in [1.807, 2.05) is 0 Å². The van der Waals surface area contributed by atoms with Gasteiger partial charge in [0.25, 0.3) is 5.91 Å². The van der Waals surface area contributed by atoms with Crippen molar-refractivity contribution >= 4 is 11.6 Å². The van der Waals surface area contributed by atoms with E-state index in [1.54, 1.807) is 6.07 Å². The molecule has 3 rings (SSSR count). The number of halogens is 1. The normalized spacial score (nSPS) is 14.8. The standard InChI is InChI=1S/C17H19FN4O4/c18-12-6-7-15(22(24)25)16(10-12)26-11-21-9-8-14(20-21)17(23)19-13-4-2-1-3-5-13/h6-10,13H,1-5,11H2,(H,19,23). The number of carbonyl (C=O) groups excluding carboxylic acids is 1. The van der Waals surface area contributed by atoms with E-state index in [2.05, 4.69) is 10.4 Å². The first-order valence-corrected chi connectivity index (χ1v) is 8.44. The Kier molecular flexibility index (Phi) is 5.45. The van der Waals surface area contributed by atoms with Crippen LogP contribution in [0.15, 0.2) is 30.5 Å². The third-order valence-electron chi connectivity index (χ3n) is 4.28. The highest BCUT2D eigenvalue weighted by Crippen LogP contribution is 2.27. The molecule has 1 fully saturated rings. The lowest BCUT2D eigenvalue weighted by Crippen LogP contribution is -2.36. The highest BCUT2D eigenvalue weighted by atomic mass is 19.1. The van der Waals surface area contributed by atoms with E-state index in [0.717, 1.165) is 43.9 Å². The molecule has 138 valence electrons. The maximum absolute atomic E-state index is 13.3. The summed E-state index contributed by atoms with van der Waals surface area (Å²) in [5.41, 5.74) is -0.0956. The van der Waals surface area contributed by atoms with Gasteiger partial charge in [-0.3, -0.25) is 14.9 Å². The first-order chi connectivity index (χ1) is 12.5. The Morgan fingerprint density at radius 2 is 2.12 bits per heavy atom. The smallest absolute Gasteiger partial charge is 0.311 e. The number of carbonyl (C=O) groups is 1. The van der Waals surface area contributed by atoms with Gasteiger partial charge in [-0.1, -0.05) is 19.3 Å². The van der Waals surface area contributed by atoms with Crippen LogP contribution in [-0.2, 0) is 6.73 Å². The molecule has 0 aliphatic heterocycles. The summed E-state index contributed by atoms with van der Waals surface area (Å²) in [6.07, 6.45) is 6.89. The summed E-state index contributed by atoms with van der Waals surface area (Å²) >= 11 is 0. The lowest BCUT2D eigenvalue weighted by molar-refractivity contribution is -0.386. The van der Waals surface area contributed by atoms with Gasteiger partial charge in [0.2, 0.25) is 5.75 Å². The molecule has 2 aromatic rings. The Morgan fingerprint density at radius 3 is 2.85 bits per heavy atom. The van der Waals surface area contributed by atoms with E-state index in [4.69, 9.17) is 4.74 Å². The Bertz CT molecular complexity index is 802. The monoisotopic (exact) mass is 362 g/mol. The van der Waals surface area contributed by atoms with Crippen molar-refractivity contribution in [1.29, 1.82) is 0 Å². The number of nitrogens with one attached hydrogen (secondary N) is 1. The molecule has 1 saturated carbocycles. The van der Waals surface area contributed by atoms with Gasteiger partial charge in [0.1, 0.15) is 11.5 Å². The average molecular weight is 362 g/mol. The fraction of sp³-hybridized carbons (Fsp3) is 0.412. The molecule has 0 radical (unpaired) electrons. The van der Waals surface area contributed by atoms with Crippen molar-refractivity contribution in [3.05, 3.63) is 52.1 Å². The molecular weight excluding hydrogens is 343 g/mol. The number of rotatable bonds is 6. The van der Waals surface area contributed by atoms with Gasteiger partial charge in [-0.15, -0.1) is 0 Å². The summed E-state index contributed by atoms with van der Waals surface area (Å²) in [6.45, 7) is -0.180. The van der Waals surface area contributed by atoms with Crippen LogP contribution >= 0.6 is 0 Å². The number of benzene rings is 1. The van der Waals surface area contributed by atoms with Crippen LogP contribution in [0, 0.1) is 15.9 Å². The van der Waals surface area contributed by atoms with E-state index < -0.39 is 10.7 Å². The lowest BCUT2D eigenvalue weighted by Gasteiger charge is -2.22. The van der Waals surface area contributed by atoms with Crippen molar-refractivity contribution in [3.63, 3.8) is 0 Å². The molecule has 1 N–H and O–H groups in total. The van der Waals surface area contributed by atoms with Crippen LogP contribution in [0.4, 0.5) is 10.1 Å². The van der Waals surface area contributed by atoms with E-state index in [9.17, 15) is 19.3 Å². The topological polar surface area (TPSA) is 99.3 Å². The number of nitrogens with zero attached hydrogens (tertiary/aromatic N) is 3. The number of nitro groups is 1. The van der Waals surface area contributed by atoms with Crippen LogP contribution in [0.5, 0.6) is 5.75 Å². The van der Waals surface area contributed by atoms with Gasteiger partial charge in [-0.05, 0) is 25.0 Å². The molecule has 1 aromatic heterocycles. The second-order valence-electron chi connectivity index (χ2n) is 6.19. The molecule has 8 nitrogen and oxygen atoms in total. The van der Waals surface area contributed by atoms with Gasteiger partial charge >= 0.3 is 5.69 Å². The molecule has 1 aliphatic carbocycles. The fourth-order valence-corrected chi connectivity index (χ4v) is 2.95. The van der Waals surface area contributed by atoms with Crippen LogP contribution in [0.1, 0.15) is 42.6 Å². The van der Waals surface area contributed by atoms with Crippen LogP contribution in [0.3, 0.4) is 0 Å². The van der Waals surface area contributed by atoms with Crippen molar-refractivity contribution in [2.75, 3.05) is 0 Å². The number of hydrogen-bond acceptors (Lipinski definition) is 5. The van der Waals surface area contributed by atoms with E-state index in [1.165, 1.54) is 17.3 Å². The minimum atomic E-state index is -0.652. The zero-order valence-corrected chi connectivity index (χ0v) is 14.1. The number of hydrogen-bond donors (Lipinski definition) is 1. The zero-order chi connectivity index (χ0) is 18.5. The summed E-state index contributed by atoms with van der Waals surface area (Å²) in [4.78, 5) is 22.5. The van der Waals surface area contributed by atoms with Gasteiger partial charge in [-0.25, -0.2) is 9.07 Å². The number of nitro benzene ring substituents is 1. The molecular formula is C17H19FN4O4. The number of amides is 1. The minimum Gasteiger partial charge on any atom is -0.464 e. The maximum atomic E-state index is 13.3. The predicted octanol–water partition coefficient (Wildman–Crippen LogP) is 3.03. The second-order valence-corrected chi connectivity index (χ2v) is 6.19. The van der Waals surface area contributed by atoms with Gasteiger partial charge in [0.05, 0.1) is 4.92 Å². The summed E-state index contributed by atoms with van der Waals surface area (Å²) in [6, 6.07) is 4.69. The molecule has 1 heterocycles. The molecule has 0 saturated heterocycles. The van der Waals surface area contributed by atoms with Crippen LogP contribution in [0.2, 0.25) is 0 Å². The van der Waals surface area contributed by atoms with Crippen LogP contribution < -0.4 is 10.1 Å². The van der Waals surface area contributed by atoms with Crippen molar-refractivity contribution in [3.8, 4) is 5.75 Å². The Hall–Kier alpha value is -2.97. The molecule has 26 heavy (non-hydrogen) atoms. The van der Waals surface area contributed by atoms with Crippen molar-refractivity contribution in [1.82, 2.24) is 15.1 Å². The minimum absolute atomic E-state index is 0.174. The van der Waals surface area contributed by atoms with Crippen molar-refractivity contribution in [2.45, 2.75) is 44.9 Å².